The monoisotopic (exact) mass is 333 g/mol. The minimum absolute atomic E-state index is 0.361. The molecule has 128 valence electrons. The predicted octanol–water partition coefficient (Wildman–Crippen LogP) is 3.55. The third-order valence-corrected chi connectivity index (χ3v) is 4.37. The predicted molar refractivity (Wildman–Crippen MR) is 88.5 cm³/mol. The molecule has 2 unspecified atom stereocenters. The molecule has 0 aliphatic carbocycles. The number of benzene rings is 2. The normalized spacial score (nSPS) is 14.1. The molecule has 5 heteroatoms. The van der Waals surface area contributed by atoms with Crippen molar-refractivity contribution in [3.05, 3.63) is 71.3 Å². The quantitative estimate of drug-likeness (QED) is 0.852. The van der Waals surface area contributed by atoms with E-state index in [1.54, 1.807) is 38.1 Å². The van der Waals surface area contributed by atoms with Crippen LogP contribution in [0.25, 0.3) is 0 Å². The molecule has 0 radical (unpaired) electrons. The number of esters is 1. The Morgan fingerprint density at radius 1 is 0.958 bits per heavy atom. The molecule has 2 atom stereocenters. The zero-order valence-corrected chi connectivity index (χ0v) is 13.9. The van der Waals surface area contributed by atoms with Crippen molar-refractivity contribution in [3.8, 4) is 0 Å². The van der Waals surface area contributed by atoms with Crippen LogP contribution < -0.4 is 5.73 Å². The van der Waals surface area contributed by atoms with E-state index in [0.717, 1.165) is 11.1 Å². The molecule has 0 aliphatic heterocycles. The fourth-order valence-corrected chi connectivity index (χ4v) is 2.63. The first-order valence-electron chi connectivity index (χ1n) is 7.73. The third-order valence-electron chi connectivity index (χ3n) is 4.37. The number of carbonyl (C=O) groups excluding carboxylic acids is 1. The number of hydrogen-bond donors (Lipinski definition) is 1. The summed E-state index contributed by atoms with van der Waals surface area (Å²) in [6.45, 7) is 5.15. The van der Waals surface area contributed by atoms with Crippen LogP contribution in [0.5, 0.6) is 0 Å². The molecule has 0 spiro atoms. The Morgan fingerprint density at radius 2 is 1.33 bits per heavy atom. The number of carbonyl (C=O) groups is 1. The highest BCUT2D eigenvalue weighted by atomic mass is 19.1. The van der Waals surface area contributed by atoms with Gasteiger partial charge in [0.1, 0.15) is 23.8 Å². The van der Waals surface area contributed by atoms with Gasteiger partial charge in [0.25, 0.3) is 0 Å². The third kappa shape index (κ3) is 3.62. The van der Waals surface area contributed by atoms with Gasteiger partial charge in [0.15, 0.2) is 0 Å². The van der Waals surface area contributed by atoms with Crippen molar-refractivity contribution >= 4 is 5.97 Å². The van der Waals surface area contributed by atoms with Crippen LogP contribution in [0.3, 0.4) is 0 Å². The lowest BCUT2D eigenvalue weighted by Crippen LogP contribution is -2.42. The second-order valence-electron chi connectivity index (χ2n) is 6.08. The first-order chi connectivity index (χ1) is 11.2. The zero-order chi connectivity index (χ0) is 17.9. The van der Waals surface area contributed by atoms with E-state index in [2.05, 4.69) is 0 Å². The summed E-state index contributed by atoms with van der Waals surface area (Å²) in [4.78, 5) is 11.9. The molecule has 0 amide bonds. The fraction of sp³-hybridized carbons (Fsp3) is 0.316. The fourth-order valence-electron chi connectivity index (χ4n) is 2.63. The van der Waals surface area contributed by atoms with E-state index in [0.29, 0.717) is 0 Å². The Balaban J connectivity index is 2.49. The van der Waals surface area contributed by atoms with Gasteiger partial charge in [-0.05, 0) is 56.2 Å². The molecule has 0 saturated heterocycles. The minimum atomic E-state index is -0.786. The second-order valence-corrected chi connectivity index (χ2v) is 6.08. The van der Waals surface area contributed by atoms with Crippen LogP contribution in [-0.4, -0.2) is 18.1 Å². The van der Waals surface area contributed by atoms with Crippen molar-refractivity contribution in [1.82, 2.24) is 0 Å². The van der Waals surface area contributed by atoms with Gasteiger partial charge in [-0.15, -0.1) is 0 Å². The molecule has 2 aromatic carbocycles. The Kier molecular flexibility index (Phi) is 5.34. The van der Waals surface area contributed by atoms with Crippen molar-refractivity contribution in [2.75, 3.05) is 0 Å². The van der Waals surface area contributed by atoms with Gasteiger partial charge < -0.3 is 10.5 Å². The first kappa shape index (κ1) is 18.1. The largest absolute Gasteiger partial charge is 0.460 e. The van der Waals surface area contributed by atoms with E-state index in [1.807, 2.05) is 6.92 Å². The van der Waals surface area contributed by atoms with Crippen LogP contribution in [0.15, 0.2) is 48.5 Å². The lowest BCUT2D eigenvalue weighted by molar-refractivity contribution is -0.151. The Morgan fingerprint density at radius 3 is 1.67 bits per heavy atom. The lowest BCUT2D eigenvalue weighted by atomic mass is 9.72. The zero-order valence-electron chi connectivity index (χ0n) is 13.9. The molecule has 2 rings (SSSR count). The lowest BCUT2D eigenvalue weighted by Gasteiger charge is -2.36. The van der Waals surface area contributed by atoms with Gasteiger partial charge in [-0.1, -0.05) is 24.3 Å². The average Bonchev–Trinajstić information content (AvgIpc) is 2.55. The Bertz CT molecular complexity index is 651. The number of ether oxygens (including phenoxy) is 1. The van der Waals surface area contributed by atoms with Crippen LogP contribution in [0, 0.1) is 11.6 Å². The molecule has 2 aromatic rings. The molecule has 0 saturated carbocycles. The molecule has 0 fully saturated rings. The molecule has 2 N–H and O–H groups in total. The second kappa shape index (κ2) is 7.09. The summed E-state index contributed by atoms with van der Waals surface area (Å²) in [5.41, 5.74) is 6.29. The van der Waals surface area contributed by atoms with Crippen molar-refractivity contribution in [2.45, 2.75) is 38.3 Å². The summed E-state index contributed by atoms with van der Waals surface area (Å²) in [6.07, 6.45) is -0.591. The van der Waals surface area contributed by atoms with Crippen LogP contribution in [0.2, 0.25) is 0 Å². The van der Waals surface area contributed by atoms with Gasteiger partial charge in [0.05, 0.1) is 5.41 Å². The van der Waals surface area contributed by atoms with Gasteiger partial charge in [0.2, 0.25) is 0 Å². The highest BCUT2D eigenvalue weighted by Gasteiger charge is 2.38. The van der Waals surface area contributed by atoms with Gasteiger partial charge in [0, 0.05) is 0 Å². The minimum Gasteiger partial charge on any atom is -0.460 e. The molecule has 0 aromatic heterocycles. The highest BCUT2D eigenvalue weighted by Crippen LogP contribution is 2.37. The Labute approximate surface area is 140 Å². The molecular formula is C19H21F2NO2. The van der Waals surface area contributed by atoms with Crippen molar-refractivity contribution in [1.29, 1.82) is 0 Å². The summed E-state index contributed by atoms with van der Waals surface area (Å²) >= 11 is 0. The van der Waals surface area contributed by atoms with Crippen molar-refractivity contribution in [2.24, 2.45) is 5.73 Å². The summed E-state index contributed by atoms with van der Waals surface area (Å²) in [6, 6.07) is 11.2. The van der Waals surface area contributed by atoms with E-state index in [-0.39, 0.29) is 11.6 Å². The van der Waals surface area contributed by atoms with Crippen LogP contribution in [0.1, 0.15) is 31.9 Å². The number of hydrogen-bond acceptors (Lipinski definition) is 3. The molecule has 0 bridgehead atoms. The van der Waals surface area contributed by atoms with E-state index < -0.39 is 23.5 Å². The topological polar surface area (TPSA) is 52.3 Å². The highest BCUT2D eigenvalue weighted by molar-refractivity contribution is 5.75. The van der Waals surface area contributed by atoms with Crippen molar-refractivity contribution in [3.63, 3.8) is 0 Å². The maximum absolute atomic E-state index is 13.3. The number of rotatable bonds is 5. The van der Waals surface area contributed by atoms with Crippen LogP contribution >= 0.6 is 0 Å². The summed E-state index contributed by atoms with van der Waals surface area (Å²) < 4.78 is 32.1. The maximum Gasteiger partial charge on any atom is 0.322 e. The van der Waals surface area contributed by atoms with E-state index in [4.69, 9.17) is 10.5 Å². The number of nitrogens with two attached hydrogens (primary N) is 1. The Hall–Kier alpha value is -2.27. The van der Waals surface area contributed by atoms with E-state index >= 15 is 0 Å². The maximum atomic E-state index is 13.3. The summed E-state index contributed by atoms with van der Waals surface area (Å²) in [7, 11) is 0. The van der Waals surface area contributed by atoms with Crippen LogP contribution in [0.4, 0.5) is 8.78 Å². The number of halogens is 2. The standard InChI is InChI=1S/C19H21F2NO2/c1-12(22)18(23)24-13(2)19(3,14-4-8-16(20)9-5-14)15-6-10-17(21)11-7-15/h4-13H,22H2,1-3H3. The summed E-state index contributed by atoms with van der Waals surface area (Å²) in [5.74, 6) is -1.25. The average molecular weight is 333 g/mol. The van der Waals surface area contributed by atoms with Gasteiger partial charge in [-0.25, -0.2) is 8.78 Å². The smallest absolute Gasteiger partial charge is 0.322 e. The van der Waals surface area contributed by atoms with Crippen LogP contribution in [-0.2, 0) is 14.9 Å². The molecular weight excluding hydrogens is 312 g/mol. The molecule has 24 heavy (non-hydrogen) atoms. The SMILES string of the molecule is CC(N)C(=O)OC(C)C(C)(c1ccc(F)cc1)c1ccc(F)cc1. The first-order valence-corrected chi connectivity index (χ1v) is 7.73. The molecule has 0 heterocycles. The van der Waals surface area contributed by atoms with Gasteiger partial charge in [-0.3, -0.25) is 4.79 Å². The summed E-state index contributed by atoms with van der Waals surface area (Å²) in [5, 5.41) is 0. The molecule has 0 aliphatic rings. The molecule has 3 nitrogen and oxygen atoms in total. The van der Waals surface area contributed by atoms with E-state index in [9.17, 15) is 13.6 Å². The van der Waals surface area contributed by atoms with Crippen molar-refractivity contribution < 1.29 is 18.3 Å². The van der Waals surface area contributed by atoms with E-state index in [1.165, 1.54) is 24.3 Å². The van der Waals surface area contributed by atoms with Gasteiger partial charge >= 0.3 is 5.97 Å². The van der Waals surface area contributed by atoms with Gasteiger partial charge in [-0.2, -0.15) is 0 Å².